The zero-order valence-electron chi connectivity index (χ0n) is 14.2. The van der Waals surface area contributed by atoms with Gasteiger partial charge in [-0.3, -0.25) is 4.90 Å². The molecule has 1 aromatic carbocycles. The summed E-state index contributed by atoms with van der Waals surface area (Å²) in [6.45, 7) is 4.93. The lowest BCUT2D eigenvalue weighted by Gasteiger charge is -2.47. The van der Waals surface area contributed by atoms with Crippen LogP contribution in [0.5, 0.6) is 0 Å². The van der Waals surface area contributed by atoms with Crippen molar-refractivity contribution in [2.24, 2.45) is 0 Å². The molecule has 0 radical (unpaired) electrons. The number of nitriles is 2. The van der Waals surface area contributed by atoms with Crippen molar-refractivity contribution in [3.8, 4) is 12.1 Å². The molecule has 0 fully saturated rings. The molecule has 1 heterocycles. The molecule has 0 aliphatic carbocycles. The minimum atomic E-state index is -1.48. The van der Waals surface area contributed by atoms with E-state index in [0.29, 0.717) is 11.3 Å². The van der Waals surface area contributed by atoms with Gasteiger partial charge >= 0.3 is 12.2 Å². The molecule has 2 unspecified atom stereocenters. The lowest BCUT2D eigenvalue weighted by Crippen LogP contribution is -2.63. The summed E-state index contributed by atoms with van der Waals surface area (Å²) in [4.78, 5) is 27.0. The zero-order chi connectivity index (χ0) is 18.6. The van der Waals surface area contributed by atoms with Gasteiger partial charge in [-0.05, 0) is 26.8 Å². The largest absolute Gasteiger partial charge is 0.450 e. The second kappa shape index (κ2) is 7.10. The molecule has 0 N–H and O–H groups in total. The molecular weight excluding hydrogens is 324 g/mol. The summed E-state index contributed by atoms with van der Waals surface area (Å²) in [6.07, 6.45) is -3.02. The van der Waals surface area contributed by atoms with Crippen molar-refractivity contribution >= 4 is 17.9 Å². The summed E-state index contributed by atoms with van der Waals surface area (Å²) >= 11 is 0. The van der Waals surface area contributed by atoms with Crippen LogP contribution < -0.4 is 4.90 Å². The van der Waals surface area contributed by atoms with Crippen LogP contribution in [-0.2, 0) is 15.0 Å². The third kappa shape index (κ3) is 2.83. The molecule has 2 amide bonds. The van der Waals surface area contributed by atoms with E-state index in [1.165, 1.54) is 6.92 Å². The Labute approximate surface area is 145 Å². The van der Waals surface area contributed by atoms with E-state index in [1.807, 2.05) is 6.07 Å². The number of nitrogens with zero attached hydrogens (tertiary/aromatic N) is 4. The molecule has 8 nitrogen and oxygen atoms in total. The number of hydrogen-bond acceptors (Lipinski definition) is 6. The molecule has 25 heavy (non-hydrogen) atoms. The minimum absolute atomic E-state index is 0.0655. The highest BCUT2D eigenvalue weighted by Gasteiger charge is 2.52. The van der Waals surface area contributed by atoms with Gasteiger partial charge in [-0.1, -0.05) is 18.2 Å². The van der Waals surface area contributed by atoms with Gasteiger partial charge in [0.25, 0.3) is 0 Å². The fourth-order valence-electron chi connectivity index (χ4n) is 2.81. The second-order valence-corrected chi connectivity index (χ2v) is 5.34. The average Bonchev–Trinajstić information content (AvgIpc) is 2.61. The predicted octanol–water partition coefficient (Wildman–Crippen LogP) is 2.71. The van der Waals surface area contributed by atoms with Gasteiger partial charge in [0.15, 0.2) is 5.54 Å². The number of anilines is 1. The summed E-state index contributed by atoms with van der Waals surface area (Å²) in [5, 5.41) is 19.4. The van der Waals surface area contributed by atoms with Crippen molar-refractivity contribution < 1.29 is 19.1 Å². The van der Waals surface area contributed by atoms with Gasteiger partial charge in [-0.15, -0.1) is 0 Å². The Hall–Kier alpha value is -3.26. The molecule has 0 bridgehead atoms. The maximum Gasteiger partial charge on any atom is 0.416 e. The number of para-hydroxylation sites is 1. The molecule has 0 saturated heterocycles. The van der Waals surface area contributed by atoms with Gasteiger partial charge in [-0.25, -0.2) is 14.5 Å². The van der Waals surface area contributed by atoms with Crippen LogP contribution in [0.1, 0.15) is 26.3 Å². The lowest BCUT2D eigenvalue weighted by atomic mass is 9.86. The van der Waals surface area contributed by atoms with Crippen molar-refractivity contribution in [3.05, 3.63) is 29.8 Å². The number of benzene rings is 1. The summed E-state index contributed by atoms with van der Waals surface area (Å²) in [6, 6.07) is 10.6. The van der Waals surface area contributed by atoms with E-state index >= 15 is 0 Å². The first-order valence-electron chi connectivity index (χ1n) is 7.78. The van der Waals surface area contributed by atoms with Gasteiger partial charge in [0.2, 0.25) is 6.17 Å². The number of hydrogen-bond donors (Lipinski definition) is 0. The van der Waals surface area contributed by atoms with E-state index in [-0.39, 0.29) is 13.2 Å². The van der Waals surface area contributed by atoms with E-state index in [9.17, 15) is 20.1 Å². The molecule has 1 aliphatic rings. The molecule has 2 rings (SSSR count). The number of fused-ring (bicyclic) bond motifs is 1. The number of carbonyl (C=O) groups excluding carboxylic acids is 2. The molecule has 0 spiro atoms. The number of carbonyl (C=O) groups is 2. The first-order chi connectivity index (χ1) is 12.0. The van der Waals surface area contributed by atoms with Crippen LogP contribution in [0, 0.1) is 22.7 Å². The van der Waals surface area contributed by atoms with Crippen LogP contribution in [0.3, 0.4) is 0 Å². The van der Waals surface area contributed by atoms with Crippen molar-refractivity contribution in [1.29, 1.82) is 10.5 Å². The third-order valence-electron chi connectivity index (χ3n) is 3.92. The molecule has 1 aliphatic heterocycles. The smallest absolute Gasteiger partial charge is 0.416 e. The SMILES string of the molecule is CCOC(=O)N1c2ccccc2C(C)(C#N)N(C(=O)OCC)C1C#N. The quantitative estimate of drug-likeness (QED) is 0.818. The number of rotatable bonds is 2. The summed E-state index contributed by atoms with van der Waals surface area (Å²) in [7, 11) is 0. The molecule has 2 atom stereocenters. The molecule has 0 aromatic heterocycles. The van der Waals surface area contributed by atoms with Crippen molar-refractivity contribution in [2.75, 3.05) is 18.1 Å². The van der Waals surface area contributed by atoms with Crippen molar-refractivity contribution in [1.82, 2.24) is 4.90 Å². The Balaban J connectivity index is 2.73. The summed E-state index contributed by atoms with van der Waals surface area (Å²) in [5.74, 6) is 0. The van der Waals surface area contributed by atoms with Gasteiger partial charge in [0, 0.05) is 5.56 Å². The highest BCUT2D eigenvalue weighted by molar-refractivity contribution is 5.93. The Morgan fingerprint density at radius 2 is 1.76 bits per heavy atom. The molecule has 1 aromatic rings. The number of amides is 2. The summed E-state index contributed by atoms with van der Waals surface area (Å²) < 4.78 is 10.1. The van der Waals surface area contributed by atoms with Crippen molar-refractivity contribution in [2.45, 2.75) is 32.5 Å². The lowest BCUT2D eigenvalue weighted by molar-refractivity contribution is 0.0563. The fourth-order valence-corrected chi connectivity index (χ4v) is 2.81. The minimum Gasteiger partial charge on any atom is -0.450 e. The maximum atomic E-state index is 12.5. The molecule has 130 valence electrons. The molecular formula is C17H18N4O4. The third-order valence-corrected chi connectivity index (χ3v) is 3.92. The first-order valence-corrected chi connectivity index (χ1v) is 7.78. The van der Waals surface area contributed by atoms with Gasteiger partial charge in [0.05, 0.1) is 25.0 Å². The van der Waals surface area contributed by atoms with Crippen LogP contribution in [0.15, 0.2) is 24.3 Å². The Morgan fingerprint density at radius 1 is 1.16 bits per heavy atom. The van der Waals surface area contributed by atoms with E-state index in [4.69, 9.17) is 9.47 Å². The van der Waals surface area contributed by atoms with E-state index < -0.39 is 23.9 Å². The Kier molecular flexibility index (Phi) is 5.14. The zero-order valence-corrected chi connectivity index (χ0v) is 14.2. The second-order valence-electron chi connectivity index (χ2n) is 5.34. The van der Waals surface area contributed by atoms with Crippen molar-refractivity contribution in [3.63, 3.8) is 0 Å². The van der Waals surface area contributed by atoms with Gasteiger partial charge in [0.1, 0.15) is 6.07 Å². The van der Waals surface area contributed by atoms with Crippen LogP contribution in [0.2, 0.25) is 0 Å². The monoisotopic (exact) mass is 342 g/mol. The fraction of sp³-hybridized carbons (Fsp3) is 0.412. The van der Waals surface area contributed by atoms with E-state index in [1.54, 1.807) is 38.1 Å². The average molecular weight is 342 g/mol. The normalized spacial score (nSPS) is 21.6. The van der Waals surface area contributed by atoms with Gasteiger partial charge < -0.3 is 9.47 Å². The standard InChI is InChI=1S/C17H18N4O4/c1-4-24-15(22)20-13-9-7-6-8-12(13)17(3,11-19)21(14(20)10-18)16(23)25-5-2/h6-9,14H,4-5H2,1-3H3. The van der Waals surface area contributed by atoms with Crippen LogP contribution >= 0.6 is 0 Å². The maximum absolute atomic E-state index is 12.5. The highest BCUT2D eigenvalue weighted by atomic mass is 16.6. The first kappa shape index (κ1) is 18.1. The van der Waals surface area contributed by atoms with Crippen LogP contribution in [0.4, 0.5) is 15.3 Å². The number of ether oxygens (including phenoxy) is 2. The van der Waals surface area contributed by atoms with Gasteiger partial charge in [-0.2, -0.15) is 10.5 Å². The summed E-state index contributed by atoms with van der Waals surface area (Å²) in [5.41, 5.74) is -0.728. The Bertz CT molecular complexity index is 767. The van der Waals surface area contributed by atoms with Crippen LogP contribution in [0.25, 0.3) is 0 Å². The highest BCUT2D eigenvalue weighted by Crippen LogP contribution is 2.43. The molecule has 8 heteroatoms. The predicted molar refractivity (Wildman–Crippen MR) is 87.2 cm³/mol. The molecule has 0 saturated carbocycles. The van der Waals surface area contributed by atoms with E-state index in [0.717, 1.165) is 9.80 Å². The topological polar surface area (TPSA) is 107 Å². The van der Waals surface area contributed by atoms with Crippen LogP contribution in [-0.4, -0.2) is 36.5 Å². The van der Waals surface area contributed by atoms with E-state index in [2.05, 4.69) is 6.07 Å². The Morgan fingerprint density at radius 3 is 2.32 bits per heavy atom.